The molecule has 0 bridgehead atoms. The number of carbonyl (C=O) groups is 1. The predicted molar refractivity (Wildman–Crippen MR) is 74.5 cm³/mol. The van der Waals surface area contributed by atoms with Crippen LogP contribution in [0.3, 0.4) is 0 Å². The fourth-order valence-electron chi connectivity index (χ4n) is 2.30. The van der Waals surface area contributed by atoms with Crippen LogP contribution >= 0.6 is 0 Å². The first-order chi connectivity index (χ1) is 8.54. The van der Waals surface area contributed by atoms with Gasteiger partial charge in [0.05, 0.1) is 12.7 Å². The second kappa shape index (κ2) is 6.55. The van der Waals surface area contributed by atoms with Crippen molar-refractivity contribution in [1.29, 1.82) is 0 Å². The number of hydrogen-bond acceptors (Lipinski definition) is 3. The van der Waals surface area contributed by atoms with Crippen LogP contribution in [0, 0.1) is 19.8 Å². The second-order valence-electron chi connectivity index (χ2n) is 4.69. The highest BCUT2D eigenvalue weighted by atomic mass is 16.5. The third kappa shape index (κ3) is 3.10. The van der Waals surface area contributed by atoms with Gasteiger partial charge in [-0.25, -0.2) is 0 Å². The van der Waals surface area contributed by atoms with E-state index in [9.17, 15) is 4.79 Å². The van der Waals surface area contributed by atoms with Crippen molar-refractivity contribution in [2.45, 2.75) is 27.2 Å². The molecule has 0 fully saturated rings. The molecule has 1 aromatic carbocycles. The summed E-state index contributed by atoms with van der Waals surface area (Å²) in [4.78, 5) is 12.5. The molecule has 3 nitrogen and oxygen atoms in total. The highest BCUT2D eigenvalue weighted by Gasteiger charge is 2.22. The van der Waals surface area contributed by atoms with E-state index in [-0.39, 0.29) is 11.7 Å². The second-order valence-corrected chi connectivity index (χ2v) is 4.69. The zero-order valence-corrected chi connectivity index (χ0v) is 12.0. The number of aryl methyl sites for hydroxylation is 2. The summed E-state index contributed by atoms with van der Waals surface area (Å²) in [5.74, 6) is 0.876. The van der Waals surface area contributed by atoms with Crippen molar-refractivity contribution in [3.05, 3.63) is 28.8 Å². The maximum Gasteiger partial charge on any atom is 0.170 e. The Bertz CT molecular complexity index is 427. The zero-order chi connectivity index (χ0) is 13.7. The predicted octanol–water partition coefficient (Wildman–Crippen LogP) is 2.74. The average molecular weight is 249 g/mol. The normalized spacial score (nSPS) is 12.3. The number of hydrogen-bond donors (Lipinski definition) is 1. The summed E-state index contributed by atoms with van der Waals surface area (Å²) in [5, 5.41) is 3.07. The van der Waals surface area contributed by atoms with Gasteiger partial charge in [-0.2, -0.15) is 0 Å². The first-order valence-corrected chi connectivity index (χ1v) is 6.39. The summed E-state index contributed by atoms with van der Waals surface area (Å²) < 4.78 is 5.38. The lowest BCUT2D eigenvalue weighted by Gasteiger charge is -2.17. The van der Waals surface area contributed by atoms with E-state index < -0.39 is 0 Å². The van der Waals surface area contributed by atoms with Crippen molar-refractivity contribution in [3.63, 3.8) is 0 Å². The number of methoxy groups -OCH3 is 1. The van der Waals surface area contributed by atoms with Crippen LogP contribution in [0.1, 0.15) is 34.8 Å². The molecular weight excluding hydrogens is 226 g/mol. The molecule has 1 unspecified atom stereocenters. The number of rotatable bonds is 6. The van der Waals surface area contributed by atoms with E-state index in [0.29, 0.717) is 17.9 Å². The lowest BCUT2D eigenvalue weighted by molar-refractivity contribution is 0.0913. The lowest BCUT2D eigenvalue weighted by Crippen LogP contribution is -2.26. The van der Waals surface area contributed by atoms with Crippen molar-refractivity contribution >= 4 is 5.78 Å². The van der Waals surface area contributed by atoms with E-state index in [2.05, 4.69) is 5.32 Å². The highest BCUT2D eigenvalue weighted by molar-refractivity contribution is 6.01. The van der Waals surface area contributed by atoms with E-state index in [4.69, 9.17) is 4.74 Å². The topological polar surface area (TPSA) is 38.3 Å². The van der Waals surface area contributed by atoms with Gasteiger partial charge in [0, 0.05) is 12.5 Å². The molecule has 0 aromatic heterocycles. The number of Topliss-reactive ketones (excluding diaryl/α,β-unsaturated/α-hetero) is 1. The maximum atomic E-state index is 12.5. The fourth-order valence-corrected chi connectivity index (χ4v) is 2.30. The van der Waals surface area contributed by atoms with Crippen LogP contribution in [-0.4, -0.2) is 26.5 Å². The van der Waals surface area contributed by atoms with Gasteiger partial charge in [-0.05, 0) is 44.5 Å². The summed E-state index contributed by atoms with van der Waals surface area (Å²) in [5.41, 5.74) is 2.81. The minimum atomic E-state index is 0.00472. The average Bonchev–Trinajstić information content (AvgIpc) is 2.34. The quantitative estimate of drug-likeness (QED) is 0.788. The molecule has 0 heterocycles. The van der Waals surface area contributed by atoms with Crippen LogP contribution in [0.4, 0.5) is 0 Å². The van der Waals surface area contributed by atoms with Crippen molar-refractivity contribution in [2.75, 3.05) is 20.7 Å². The molecule has 0 aliphatic rings. The van der Waals surface area contributed by atoms with Crippen molar-refractivity contribution in [2.24, 2.45) is 5.92 Å². The van der Waals surface area contributed by atoms with Crippen LogP contribution in [0.15, 0.2) is 12.1 Å². The SMILES string of the molecule is CCC(CNC)C(=O)c1cc(C)cc(C)c1OC. The van der Waals surface area contributed by atoms with Crippen molar-refractivity contribution in [3.8, 4) is 5.75 Å². The summed E-state index contributed by atoms with van der Waals surface area (Å²) in [6.45, 7) is 6.71. The Hall–Kier alpha value is -1.35. The van der Waals surface area contributed by atoms with E-state index in [0.717, 1.165) is 17.5 Å². The summed E-state index contributed by atoms with van der Waals surface area (Å²) in [7, 11) is 3.49. The molecule has 0 aliphatic heterocycles. The van der Waals surface area contributed by atoms with Gasteiger partial charge in [0.25, 0.3) is 0 Å². The van der Waals surface area contributed by atoms with Crippen molar-refractivity contribution in [1.82, 2.24) is 5.32 Å². The fraction of sp³-hybridized carbons (Fsp3) is 0.533. The van der Waals surface area contributed by atoms with Gasteiger partial charge in [-0.15, -0.1) is 0 Å². The Labute approximate surface area is 110 Å². The van der Waals surface area contributed by atoms with Crippen LogP contribution in [0.2, 0.25) is 0 Å². The van der Waals surface area contributed by atoms with Gasteiger partial charge in [-0.1, -0.05) is 13.0 Å². The zero-order valence-electron chi connectivity index (χ0n) is 12.0. The lowest BCUT2D eigenvalue weighted by atomic mass is 9.92. The number of carbonyl (C=O) groups excluding carboxylic acids is 1. The van der Waals surface area contributed by atoms with Crippen LogP contribution in [-0.2, 0) is 0 Å². The van der Waals surface area contributed by atoms with Gasteiger partial charge in [0.1, 0.15) is 5.75 Å². The van der Waals surface area contributed by atoms with Gasteiger partial charge >= 0.3 is 0 Å². The Kier molecular flexibility index (Phi) is 5.35. The minimum absolute atomic E-state index is 0.00472. The van der Waals surface area contributed by atoms with E-state index in [1.807, 2.05) is 40.0 Å². The number of ketones is 1. The first-order valence-electron chi connectivity index (χ1n) is 6.39. The van der Waals surface area contributed by atoms with Crippen LogP contribution in [0.5, 0.6) is 5.75 Å². The largest absolute Gasteiger partial charge is 0.496 e. The van der Waals surface area contributed by atoms with Gasteiger partial charge in [0.15, 0.2) is 5.78 Å². The molecule has 100 valence electrons. The smallest absolute Gasteiger partial charge is 0.170 e. The Morgan fingerprint density at radius 3 is 2.56 bits per heavy atom. The number of nitrogens with one attached hydrogen (secondary N) is 1. The molecule has 1 N–H and O–H groups in total. The molecule has 0 aliphatic carbocycles. The summed E-state index contributed by atoms with van der Waals surface area (Å²) >= 11 is 0. The van der Waals surface area contributed by atoms with Crippen LogP contribution in [0.25, 0.3) is 0 Å². The molecule has 0 amide bonds. The Balaban J connectivity index is 3.18. The third-order valence-corrected chi connectivity index (χ3v) is 3.20. The molecule has 1 atom stereocenters. The minimum Gasteiger partial charge on any atom is -0.496 e. The summed E-state index contributed by atoms with van der Waals surface area (Å²) in [6, 6.07) is 3.96. The molecule has 18 heavy (non-hydrogen) atoms. The molecule has 0 saturated carbocycles. The first kappa shape index (κ1) is 14.7. The molecule has 1 aromatic rings. The van der Waals surface area contributed by atoms with E-state index >= 15 is 0 Å². The van der Waals surface area contributed by atoms with Gasteiger partial charge in [0.2, 0.25) is 0 Å². The summed E-state index contributed by atoms with van der Waals surface area (Å²) in [6.07, 6.45) is 0.829. The Morgan fingerprint density at radius 2 is 2.06 bits per heavy atom. The molecule has 0 radical (unpaired) electrons. The standard InChI is InChI=1S/C15H23NO2/c1-6-12(9-16-4)14(17)13-8-10(2)7-11(3)15(13)18-5/h7-8,12,16H,6,9H2,1-5H3. The van der Waals surface area contributed by atoms with Crippen LogP contribution < -0.4 is 10.1 Å². The highest BCUT2D eigenvalue weighted by Crippen LogP contribution is 2.27. The molecule has 3 heteroatoms. The maximum absolute atomic E-state index is 12.5. The molecule has 0 spiro atoms. The van der Waals surface area contributed by atoms with E-state index in [1.54, 1.807) is 7.11 Å². The monoisotopic (exact) mass is 249 g/mol. The van der Waals surface area contributed by atoms with Gasteiger partial charge < -0.3 is 10.1 Å². The number of benzene rings is 1. The molecule has 0 saturated heterocycles. The van der Waals surface area contributed by atoms with E-state index in [1.165, 1.54) is 0 Å². The number of ether oxygens (including phenoxy) is 1. The Morgan fingerprint density at radius 1 is 1.39 bits per heavy atom. The molecular formula is C15H23NO2. The van der Waals surface area contributed by atoms with Crippen molar-refractivity contribution < 1.29 is 9.53 Å². The third-order valence-electron chi connectivity index (χ3n) is 3.20. The molecule has 1 rings (SSSR count). The van der Waals surface area contributed by atoms with Gasteiger partial charge in [-0.3, -0.25) is 4.79 Å².